The van der Waals surface area contributed by atoms with Crippen molar-refractivity contribution in [2.45, 2.75) is 324 Å². The predicted molar refractivity (Wildman–Crippen MR) is 364 cm³/mol. The van der Waals surface area contributed by atoms with Crippen LogP contribution in [0.4, 0.5) is 0 Å². The van der Waals surface area contributed by atoms with Crippen molar-refractivity contribution in [1.29, 1.82) is 0 Å². The Morgan fingerprint density at radius 1 is 0.398 bits per heavy atom. The molecule has 93 heavy (non-hydrogen) atoms. The second kappa shape index (κ2) is 54.5. The van der Waals surface area contributed by atoms with Crippen LogP contribution < -0.4 is 5.32 Å². The lowest BCUT2D eigenvalue weighted by atomic mass is 9.96. The van der Waals surface area contributed by atoms with Crippen LogP contribution >= 0.6 is 0 Å². The standard InChI is InChI=1S/C74H125NO18/c1-3-5-7-9-11-13-15-17-19-21-23-25-26-27-28-29-30-32-33-35-37-39-41-43-45-47-49-51-58(79)57(75-62(80)52-50-48-46-44-42-40-38-36-34-31-24-22-20-18-16-14-12-10-8-6-4-2)56-88-72-68(86)65(83)70(60(54-77)90-72)93-74-69(87)66(84)71(61(55-78)91-74)92-73-67(85)64(82)63(81)59(53-76)89-73/h6,8,12,14,18,20,24,31,33,35-36,38,41-44,49,51,57-61,63-74,76-79,81-87H,3-5,7,9-11,13,15-17,19,21-23,25-30,32,34,37,39-40,45-48,50,52-56H2,1-2H3,(H,75,80)/b8-6-,14-12-,20-18-,31-24-,35-33+,38-36-,43-41+,44-42-,51-49+. The summed E-state index contributed by atoms with van der Waals surface area (Å²) in [6, 6.07) is -1.03. The van der Waals surface area contributed by atoms with Crippen LogP contribution in [-0.2, 0) is 33.2 Å². The van der Waals surface area contributed by atoms with E-state index in [0.717, 1.165) is 77.0 Å². The molecule has 3 fully saturated rings. The largest absolute Gasteiger partial charge is 0.394 e. The van der Waals surface area contributed by atoms with E-state index in [4.69, 9.17) is 28.4 Å². The lowest BCUT2D eigenvalue weighted by molar-refractivity contribution is -0.379. The van der Waals surface area contributed by atoms with Gasteiger partial charge in [-0.1, -0.05) is 226 Å². The molecule has 3 aliphatic rings. The molecule has 17 unspecified atom stereocenters. The zero-order valence-electron chi connectivity index (χ0n) is 56.4. The molecule has 19 nitrogen and oxygen atoms in total. The Kier molecular flexibility index (Phi) is 49.0. The molecule has 3 aliphatic heterocycles. The van der Waals surface area contributed by atoms with Crippen molar-refractivity contribution >= 4 is 5.91 Å². The van der Waals surface area contributed by atoms with Gasteiger partial charge in [-0.25, -0.2) is 0 Å². The Balaban J connectivity index is 1.47. The molecule has 0 aromatic rings. The molecule has 17 atom stereocenters. The van der Waals surface area contributed by atoms with E-state index in [9.17, 15) is 61.0 Å². The number of ether oxygens (including phenoxy) is 6. The minimum Gasteiger partial charge on any atom is -0.394 e. The Bertz CT molecular complexity index is 2110. The Morgan fingerprint density at radius 3 is 1.20 bits per heavy atom. The Morgan fingerprint density at radius 2 is 0.753 bits per heavy atom. The molecule has 19 heteroatoms. The third-order valence-corrected chi connectivity index (χ3v) is 17.0. The minimum atomic E-state index is -1.99. The van der Waals surface area contributed by atoms with Gasteiger partial charge in [0.15, 0.2) is 18.9 Å². The van der Waals surface area contributed by atoms with Crippen LogP contribution in [0.3, 0.4) is 0 Å². The molecular weight excluding hydrogens is 1190 g/mol. The first-order valence-electron chi connectivity index (χ1n) is 35.6. The van der Waals surface area contributed by atoms with E-state index in [0.29, 0.717) is 12.8 Å². The number of hydrogen-bond acceptors (Lipinski definition) is 18. The maximum Gasteiger partial charge on any atom is 0.220 e. The lowest BCUT2D eigenvalue weighted by Crippen LogP contribution is -2.66. The van der Waals surface area contributed by atoms with Gasteiger partial charge in [-0.15, -0.1) is 0 Å². The van der Waals surface area contributed by atoms with E-state index in [1.165, 1.54) is 109 Å². The van der Waals surface area contributed by atoms with Gasteiger partial charge in [0.25, 0.3) is 0 Å². The zero-order chi connectivity index (χ0) is 67.5. The SMILES string of the molecule is CC/C=C\C/C=C\C/C=C\C/C=C\C/C=C\C/C=C\CCCCC(=O)NC(COC1OC(CO)C(OC2OC(CO)C(OC3OC(CO)C(O)C(O)C3O)C(O)C2O)C(O)C1O)C(O)/C=C/CC/C=C/CC/C=C/CCCCCCCCCCCCCCCCCCC. The number of carbonyl (C=O) groups excluding carboxylic acids is 1. The summed E-state index contributed by atoms with van der Waals surface area (Å²) in [5.41, 5.74) is 0. The molecule has 0 aromatic heterocycles. The predicted octanol–water partition coefficient (Wildman–Crippen LogP) is 9.83. The Hall–Kier alpha value is -3.55. The average Bonchev–Trinajstić information content (AvgIpc) is 1.48. The van der Waals surface area contributed by atoms with Gasteiger partial charge in [0.1, 0.15) is 73.2 Å². The van der Waals surface area contributed by atoms with Crippen LogP contribution in [0.1, 0.15) is 219 Å². The summed E-state index contributed by atoms with van der Waals surface area (Å²) in [6.45, 7) is 1.55. The first-order valence-corrected chi connectivity index (χ1v) is 35.6. The van der Waals surface area contributed by atoms with Crippen molar-refractivity contribution in [3.05, 3.63) is 109 Å². The average molecular weight is 1320 g/mol. The Labute approximate surface area is 557 Å². The summed E-state index contributed by atoms with van der Waals surface area (Å²) >= 11 is 0. The van der Waals surface area contributed by atoms with Crippen molar-refractivity contribution in [3.8, 4) is 0 Å². The summed E-state index contributed by atoms with van der Waals surface area (Å²) in [7, 11) is 0. The number of amides is 1. The van der Waals surface area contributed by atoms with Crippen LogP contribution in [0.15, 0.2) is 109 Å². The minimum absolute atomic E-state index is 0.170. The topological polar surface area (TPSA) is 307 Å². The van der Waals surface area contributed by atoms with Crippen molar-refractivity contribution in [1.82, 2.24) is 5.32 Å². The van der Waals surface area contributed by atoms with Crippen LogP contribution in [0.25, 0.3) is 0 Å². The molecular formula is C74H125NO18. The number of nitrogens with one attached hydrogen (secondary N) is 1. The van der Waals surface area contributed by atoms with Crippen molar-refractivity contribution in [3.63, 3.8) is 0 Å². The molecule has 0 spiro atoms. The third kappa shape index (κ3) is 36.0. The van der Waals surface area contributed by atoms with Gasteiger partial charge in [0.2, 0.25) is 5.91 Å². The summed E-state index contributed by atoms with van der Waals surface area (Å²) < 4.78 is 34.3. The molecule has 0 bridgehead atoms. The van der Waals surface area contributed by atoms with Crippen molar-refractivity contribution in [2.75, 3.05) is 26.4 Å². The van der Waals surface area contributed by atoms with E-state index in [1.54, 1.807) is 6.08 Å². The quantitative estimate of drug-likeness (QED) is 0.0199. The number of carbonyl (C=O) groups is 1. The van der Waals surface area contributed by atoms with E-state index >= 15 is 0 Å². The van der Waals surface area contributed by atoms with Crippen LogP contribution in [0.5, 0.6) is 0 Å². The van der Waals surface area contributed by atoms with Crippen LogP contribution in [0.2, 0.25) is 0 Å². The molecule has 0 saturated carbocycles. The summed E-state index contributed by atoms with van der Waals surface area (Å²) in [5.74, 6) is -0.335. The van der Waals surface area contributed by atoms with Crippen molar-refractivity contribution < 1.29 is 89.4 Å². The van der Waals surface area contributed by atoms with E-state index < -0.39 is 131 Å². The summed E-state index contributed by atoms with van der Waals surface area (Å²) in [5, 5.41) is 121. The lowest BCUT2D eigenvalue weighted by Gasteiger charge is -2.48. The fourth-order valence-corrected chi connectivity index (χ4v) is 11.3. The number of rotatable bonds is 53. The number of aliphatic hydroxyl groups excluding tert-OH is 11. The third-order valence-electron chi connectivity index (χ3n) is 17.0. The normalized spacial score (nSPS) is 28.2. The van der Waals surface area contributed by atoms with Crippen LogP contribution in [-0.4, -0.2) is 193 Å². The smallest absolute Gasteiger partial charge is 0.220 e. The fourth-order valence-electron chi connectivity index (χ4n) is 11.3. The fraction of sp³-hybridized carbons (Fsp3) is 0.743. The molecule has 0 radical (unpaired) electrons. The number of aliphatic hydroxyl groups is 11. The van der Waals surface area contributed by atoms with Crippen molar-refractivity contribution in [2.24, 2.45) is 0 Å². The molecule has 0 aliphatic carbocycles. The highest BCUT2D eigenvalue weighted by molar-refractivity contribution is 5.76. The first kappa shape index (κ1) is 83.7. The molecule has 3 saturated heterocycles. The molecule has 12 N–H and O–H groups in total. The summed E-state index contributed by atoms with van der Waals surface area (Å²) in [4.78, 5) is 13.4. The van der Waals surface area contributed by atoms with Gasteiger partial charge in [-0.3, -0.25) is 4.79 Å². The van der Waals surface area contributed by atoms with Gasteiger partial charge < -0.3 is 89.9 Å². The van der Waals surface area contributed by atoms with E-state index in [1.807, 2.05) is 6.08 Å². The molecule has 1 amide bonds. The van der Waals surface area contributed by atoms with Gasteiger partial charge in [0.05, 0.1) is 38.6 Å². The maximum atomic E-state index is 13.4. The number of hydrogen-bond donors (Lipinski definition) is 12. The van der Waals surface area contributed by atoms with Gasteiger partial charge in [0, 0.05) is 6.42 Å². The van der Waals surface area contributed by atoms with Crippen LogP contribution in [0, 0.1) is 0 Å². The first-order chi connectivity index (χ1) is 45.3. The molecule has 3 heterocycles. The van der Waals surface area contributed by atoms with E-state index in [2.05, 4.69) is 116 Å². The highest BCUT2D eigenvalue weighted by Crippen LogP contribution is 2.33. The molecule has 3 rings (SSSR count). The highest BCUT2D eigenvalue weighted by atomic mass is 16.8. The zero-order valence-corrected chi connectivity index (χ0v) is 56.4. The summed E-state index contributed by atoms with van der Waals surface area (Å²) in [6.07, 6.45) is 46.4. The van der Waals surface area contributed by atoms with E-state index in [-0.39, 0.29) is 12.3 Å². The second-order valence-corrected chi connectivity index (χ2v) is 24.9. The number of allylic oxidation sites excluding steroid dienone is 17. The number of unbranched alkanes of at least 4 members (excludes halogenated alkanes) is 21. The molecule has 534 valence electrons. The highest BCUT2D eigenvalue weighted by Gasteiger charge is 2.53. The second-order valence-electron chi connectivity index (χ2n) is 24.9. The van der Waals surface area contributed by atoms with Gasteiger partial charge >= 0.3 is 0 Å². The maximum absolute atomic E-state index is 13.4. The van der Waals surface area contributed by atoms with Gasteiger partial charge in [-0.05, 0) is 96.3 Å². The monoisotopic (exact) mass is 1320 g/mol. The molecule has 0 aromatic carbocycles. The van der Waals surface area contributed by atoms with Gasteiger partial charge in [-0.2, -0.15) is 0 Å².